The highest BCUT2D eigenvalue weighted by Crippen LogP contribution is 2.30. The maximum atomic E-state index is 12.0. The van der Waals surface area contributed by atoms with Gasteiger partial charge in [-0.15, -0.1) is 25.2 Å². The van der Waals surface area contributed by atoms with Crippen LogP contribution in [0.2, 0.25) is 0 Å². The zero-order valence-corrected chi connectivity index (χ0v) is 47.7. The van der Waals surface area contributed by atoms with E-state index in [1.165, 1.54) is 98.6 Å². The summed E-state index contributed by atoms with van der Waals surface area (Å²) in [5.41, 5.74) is 2.44. The molecule has 84 heavy (non-hydrogen) atoms. The molecule has 0 amide bonds. The van der Waals surface area contributed by atoms with Gasteiger partial charge in [-0.3, -0.25) is 0 Å². The van der Waals surface area contributed by atoms with Crippen molar-refractivity contribution in [2.24, 2.45) is 28.2 Å². The normalized spacial score (nSPS) is 11.4. The van der Waals surface area contributed by atoms with Crippen molar-refractivity contribution in [2.75, 3.05) is 6.61 Å². The molecule has 37 heteroatoms. The van der Waals surface area contributed by atoms with E-state index < -0.39 is 22.8 Å². The zero-order valence-electron chi connectivity index (χ0n) is 48.4. The summed E-state index contributed by atoms with van der Waals surface area (Å²) in [6.07, 6.45) is 13.3. The van der Waals surface area contributed by atoms with Gasteiger partial charge in [-0.1, -0.05) is 63.9 Å². The van der Waals surface area contributed by atoms with Gasteiger partial charge in [0.05, 0.1) is 46.2 Å². The lowest BCUT2D eigenvalue weighted by atomic mass is 10.2. The van der Waals surface area contributed by atoms with E-state index in [1.807, 2.05) is 13.8 Å². The average molecular weight is 1230 g/mol. The zero-order chi connectivity index (χ0) is 62.8. The number of ether oxygens (including phenoxy) is 5. The predicted molar refractivity (Wildman–Crippen MR) is 295 cm³/mol. The van der Waals surface area contributed by atoms with E-state index in [2.05, 4.69) is 74.1 Å². The molecule has 0 atom stereocenters. The van der Waals surface area contributed by atoms with Gasteiger partial charge >= 0.3 is 22.8 Å². The summed E-state index contributed by atoms with van der Waals surface area (Å²) in [6.45, 7) is 8.14. The number of rotatable bonds is 19. The molecule has 0 aliphatic heterocycles. The van der Waals surface area contributed by atoms with E-state index in [4.69, 9.17) is 53.3 Å². The first-order chi connectivity index (χ1) is 42.3. The third-order valence-electron chi connectivity index (χ3n) is 10.9. The van der Waals surface area contributed by atoms with Gasteiger partial charge in [0.1, 0.15) is 45.2 Å². The minimum absolute atomic E-state index is 0.0291. The fraction of sp³-hybridized carbons (Fsp3) is 0.234. The van der Waals surface area contributed by atoms with Crippen LogP contribution < -0.4 is 46.4 Å². The number of furan rings is 4. The largest absolute Gasteiger partial charge is 0.490 e. The number of tetrazole rings is 4. The maximum absolute atomic E-state index is 12.0. The molecule has 0 aromatic carbocycles. The lowest BCUT2D eigenvalue weighted by Gasteiger charge is -2.06. The summed E-state index contributed by atoms with van der Waals surface area (Å²) in [5.74, 6) is 3.71. The van der Waals surface area contributed by atoms with Crippen LogP contribution in [-0.4, -0.2) is 106 Å². The second-order valence-electron chi connectivity index (χ2n) is 16.1. The van der Waals surface area contributed by atoms with Crippen LogP contribution in [0.1, 0.15) is 51.4 Å². The lowest BCUT2D eigenvalue weighted by molar-refractivity contribution is 0.286. The van der Waals surface area contributed by atoms with Gasteiger partial charge in [0.25, 0.3) is 20.8 Å². The fourth-order valence-corrected chi connectivity index (χ4v) is 8.49. The summed E-state index contributed by atoms with van der Waals surface area (Å²) < 4.78 is 87.1. The Morgan fingerprint density at radius 1 is 0.524 bits per heavy atom. The fourth-order valence-electron chi connectivity index (χ4n) is 6.74. The lowest BCUT2D eigenvalue weighted by Crippen LogP contribution is -2.22. The van der Waals surface area contributed by atoms with E-state index in [0.717, 1.165) is 43.0 Å². The highest BCUT2D eigenvalue weighted by atomic mass is 32.1. The Hall–Kier alpha value is -10.6. The van der Waals surface area contributed by atoms with Gasteiger partial charge in [-0.25, -0.2) is 39.1 Å². The molecule has 0 saturated carbocycles. The number of nitrogens with zero attached hydrogens (tertiary/aromatic N) is 20. The summed E-state index contributed by atoms with van der Waals surface area (Å²) in [4.78, 5) is 63.3. The molecular weight excluding hydrogens is 1180 g/mol. The molecule has 0 radical (unpaired) electrons. The van der Waals surface area contributed by atoms with Crippen LogP contribution in [0.3, 0.4) is 0 Å². The third-order valence-corrected chi connectivity index (χ3v) is 13.4. The van der Waals surface area contributed by atoms with Crippen LogP contribution in [0.15, 0.2) is 115 Å². The number of thiazole rings is 4. The van der Waals surface area contributed by atoms with Crippen molar-refractivity contribution in [3.05, 3.63) is 159 Å². The molecule has 0 spiro atoms. The van der Waals surface area contributed by atoms with Crippen molar-refractivity contribution >= 4 is 51.4 Å². The highest BCUT2D eigenvalue weighted by molar-refractivity contribution is 7.12. The first-order valence-electron chi connectivity index (χ1n) is 25.6. The minimum Gasteiger partial charge on any atom is -0.490 e. The Morgan fingerprint density at radius 3 is 1.26 bits per heavy atom. The second kappa shape index (κ2) is 26.8. The Balaban J connectivity index is 0.000000140. The summed E-state index contributed by atoms with van der Waals surface area (Å²) in [5, 5.41) is 37.2. The molecule has 0 N–H and O–H groups in total. The molecule has 12 aromatic rings. The molecule has 12 rings (SSSR count). The van der Waals surface area contributed by atoms with Gasteiger partial charge in [-0.2, -0.15) is 18.7 Å². The van der Waals surface area contributed by atoms with E-state index in [1.54, 1.807) is 27.6 Å². The molecule has 434 valence electrons. The van der Waals surface area contributed by atoms with E-state index in [-0.39, 0.29) is 74.7 Å². The third kappa shape index (κ3) is 13.1. The number of aryl methyl sites for hydroxylation is 5. The number of hydrogen-bond acceptors (Lipinski definition) is 29. The Kier molecular flexibility index (Phi) is 16.8. The molecule has 12 heterocycles. The topological polar surface area (TPSA) is 361 Å². The van der Waals surface area contributed by atoms with Crippen molar-refractivity contribution in [3.8, 4) is 62.4 Å². The molecule has 12 aromatic heterocycles. The van der Waals surface area contributed by atoms with Crippen molar-refractivity contribution < 1.29 is 46.8 Å². The van der Waals surface area contributed by atoms with E-state index in [0.29, 0.717) is 66.5 Å². The van der Waals surface area contributed by atoms with Crippen LogP contribution in [0.25, 0.3) is 29.6 Å². The van der Waals surface area contributed by atoms with E-state index in [9.17, 15) is 19.2 Å². The quantitative estimate of drug-likeness (QED) is 0.104. The van der Waals surface area contributed by atoms with Gasteiger partial charge in [0.2, 0.25) is 23.5 Å². The van der Waals surface area contributed by atoms with Gasteiger partial charge in [0, 0.05) is 80.0 Å². The number of hydrogen-bond donors (Lipinski definition) is 0. The number of aromatic nitrogens is 20. The Morgan fingerprint density at radius 2 is 0.881 bits per heavy atom. The summed E-state index contributed by atoms with van der Waals surface area (Å²) >= 11 is 4.85. The van der Waals surface area contributed by atoms with Gasteiger partial charge in [-0.05, 0) is 61.1 Å². The molecule has 0 saturated heterocycles. The molecule has 0 aliphatic carbocycles. The molecule has 0 fully saturated rings. The summed E-state index contributed by atoms with van der Waals surface area (Å²) in [7, 11) is 5.95. The second-order valence-corrected chi connectivity index (χ2v) is 19.4. The first kappa shape index (κ1) is 52.8. The molecule has 0 aliphatic rings. The first-order valence-corrected chi connectivity index (χ1v) is 27.1. The van der Waals surface area contributed by atoms with Crippen LogP contribution in [-0.2, 0) is 54.6 Å². The van der Waals surface area contributed by atoms with Crippen molar-refractivity contribution in [2.45, 2.75) is 40.3 Å². The SMILES string of the molecule is [3H]c1csc(OCc2c(C#C)coc2-n2nnn(C)c2=O)n1.[3H]c1csc(OCc2c(C)coc2-n2nnn(C)c2=O)n1.[3H]c1csc(OCc2c(C=C)coc2-n2nnn(C)c2=O)n1.[3H]c1csc(OCc2c(OCC)coc2-n2nnn(C)c2=O)n1. The Bertz CT molecular complexity index is 4650. The van der Waals surface area contributed by atoms with Crippen LogP contribution in [0.5, 0.6) is 26.5 Å². The van der Waals surface area contributed by atoms with Gasteiger partial charge in [0.15, 0.2) is 5.75 Å². The monoisotopic (exact) mass is 1230 g/mol. The van der Waals surface area contributed by atoms with Crippen LogP contribution in [0.4, 0.5) is 0 Å². The minimum atomic E-state index is -0.470. The molecule has 0 bridgehead atoms. The molecule has 33 nitrogen and oxygen atoms in total. The van der Waals surface area contributed by atoms with Crippen LogP contribution in [0, 0.1) is 19.3 Å². The number of terminal acetylenes is 1. The standard InChI is InChI=1S/C12H13N5O4S.C12H11N5O3S.C12H9N5O3S.C11H11N5O3S/c1-3-19-9-7-20-10(17-12(18)16(2)14-15-17)8(9)6-21-11-13-4-5-22-11;2*1-3-8-6-19-10(17-12(18)16(2)14-15-17)9(8)7-20-11-13-4-5-21-11;1-7-5-18-9(16-11(17)15(2)13-14-16)8(7)6-19-10-12-3-4-20-10/h4-5,7H,3,6H2,1-2H3;3-6H,1,7H2,2H3;1,4-6H,7H2,2H3;3-5H,6H2,1-2H3/i3*4T;3T. The van der Waals surface area contributed by atoms with Gasteiger partial charge < -0.3 is 41.4 Å². The maximum Gasteiger partial charge on any atom is 0.370 e. The van der Waals surface area contributed by atoms with Crippen molar-refractivity contribution in [1.29, 1.82) is 0 Å². The van der Waals surface area contributed by atoms with E-state index >= 15 is 0 Å². The van der Waals surface area contributed by atoms with Crippen molar-refractivity contribution in [1.82, 2.24) is 99.1 Å². The molecular formula is C47H44N20O13S4. The Labute approximate surface area is 491 Å². The van der Waals surface area contributed by atoms with Crippen LogP contribution >= 0.6 is 45.3 Å². The summed E-state index contributed by atoms with van der Waals surface area (Å²) in [6, 6.07) is 0. The highest BCUT2D eigenvalue weighted by Gasteiger charge is 2.24. The van der Waals surface area contributed by atoms with Crippen molar-refractivity contribution in [3.63, 3.8) is 0 Å². The smallest absolute Gasteiger partial charge is 0.370 e. The average Bonchev–Trinajstić information content (AvgIpc) is 3.05. The molecule has 0 unspecified atom stereocenters. The predicted octanol–water partition coefficient (Wildman–Crippen LogP) is 3.71.